The lowest BCUT2D eigenvalue weighted by Crippen LogP contribution is -2.28. The number of benzene rings is 1. The molecule has 2 N–H and O–H groups in total. The summed E-state index contributed by atoms with van der Waals surface area (Å²) in [4.78, 5) is 11.3. The molecular formula is C17H22N4OS. The topological polar surface area (TPSA) is 59.0 Å². The minimum Gasteiger partial charge on any atom is -0.358 e. The van der Waals surface area contributed by atoms with Crippen LogP contribution in [0.3, 0.4) is 0 Å². The molecule has 1 heterocycles. The molecule has 0 fully saturated rings. The van der Waals surface area contributed by atoms with Crippen LogP contribution < -0.4 is 10.6 Å². The number of aryl methyl sites for hydroxylation is 2. The second kappa shape index (κ2) is 7.37. The van der Waals surface area contributed by atoms with E-state index in [0.717, 1.165) is 23.6 Å². The smallest absolute Gasteiger partial charge is 0.171 e. The minimum atomic E-state index is 0.0520. The van der Waals surface area contributed by atoms with E-state index in [9.17, 15) is 4.79 Å². The van der Waals surface area contributed by atoms with Gasteiger partial charge in [-0.15, -0.1) is 0 Å². The van der Waals surface area contributed by atoms with Crippen molar-refractivity contribution in [3.05, 3.63) is 46.8 Å². The van der Waals surface area contributed by atoms with Gasteiger partial charge >= 0.3 is 0 Å². The van der Waals surface area contributed by atoms with Gasteiger partial charge in [0, 0.05) is 35.6 Å². The Hall–Kier alpha value is -2.21. The van der Waals surface area contributed by atoms with Gasteiger partial charge in [-0.2, -0.15) is 5.10 Å². The van der Waals surface area contributed by atoms with Crippen LogP contribution >= 0.6 is 12.2 Å². The van der Waals surface area contributed by atoms with E-state index in [1.54, 1.807) is 19.1 Å². The van der Waals surface area contributed by atoms with Gasteiger partial charge < -0.3 is 10.6 Å². The maximum atomic E-state index is 11.3. The third kappa shape index (κ3) is 4.16. The predicted octanol–water partition coefficient (Wildman–Crippen LogP) is 3.21. The van der Waals surface area contributed by atoms with Crippen molar-refractivity contribution in [2.24, 2.45) is 0 Å². The summed E-state index contributed by atoms with van der Waals surface area (Å²) in [5.74, 6) is 0.0520. The number of anilines is 1. The number of carbonyl (C=O) groups is 1. The number of Topliss-reactive ketones (excluding diaryl/α,β-unsaturated/α-hetero) is 1. The van der Waals surface area contributed by atoms with E-state index in [4.69, 9.17) is 12.2 Å². The van der Waals surface area contributed by atoms with Crippen molar-refractivity contribution >= 4 is 28.8 Å². The molecule has 0 bridgehead atoms. The van der Waals surface area contributed by atoms with Crippen LogP contribution in [0.4, 0.5) is 5.69 Å². The first-order valence-corrected chi connectivity index (χ1v) is 8.02. The molecule has 0 saturated carbocycles. The maximum Gasteiger partial charge on any atom is 0.171 e. The van der Waals surface area contributed by atoms with Gasteiger partial charge in [0.2, 0.25) is 0 Å². The molecule has 0 atom stereocenters. The van der Waals surface area contributed by atoms with Gasteiger partial charge in [-0.3, -0.25) is 9.48 Å². The van der Waals surface area contributed by atoms with Gasteiger partial charge in [-0.05, 0) is 64.2 Å². The molecule has 5 nitrogen and oxygen atoms in total. The largest absolute Gasteiger partial charge is 0.358 e. The molecule has 6 heteroatoms. The molecule has 122 valence electrons. The number of rotatable bonds is 5. The lowest BCUT2D eigenvalue weighted by molar-refractivity contribution is 0.101. The van der Waals surface area contributed by atoms with Crippen LogP contribution in [-0.4, -0.2) is 20.7 Å². The fraction of sp³-hybridized carbons (Fsp3) is 0.353. The third-order valence-corrected chi connectivity index (χ3v) is 4.05. The summed E-state index contributed by atoms with van der Waals surface area (Å²) in [6.07, 6.45) is 0. The third-order valence-electron chi connectivity index (χ3n) is 3.81. The second-order valence-corrected chi connectivity index (χ2v) is 5.81. The van der Waals surface area contributed by atoms with Crippen LogP contribution in [0.15, 0.2) is 24.3 Å². The summed E-state index contributed by atoms with van der Waals surface area (Å²) in [6, 6.07) is 7.26. The maximum absolute atomic E-state index is 11.3. The Balaban J connectivity index is 1.95. The lowest BCUT2D eigenvalue weighted by atomic mass is 10.1. The van der Waals surface area contributed by atoms with Crippen LogP contribution in [0.2, 0.25) is 0 Å². The van der Waals surface area contributed by atoms with E-state index in [-0.39, 0.29) is 5.78 Å². The normalized spacial score (nSPS) is 10.4. The van der Waals surface area contributed by atoms with E-state index in [2.05, 4.69) is 29.6 Å². The highest BCUT2D eigenvalue weighted by Crippen LogP contribution is 2.13. The summed E-state index contributed by atoms with van der Waals surface area (Å²) in [7, 11) is 0. The number of hydrogen-bond donors (Lipinski definition) is 2. The Morgan fingerprint density at radius 1 is 1.26 bits per heavy atom. The van der Waals surface area contributed by atoms with Crippen molar-refractivity contribution in [1.29, 1.82) is 0 Å². The van der Waals surface area contributed by atoms with Crippen LogP contribution in [0.5, 0.6) is 0 Å². The Labute approximate surface area is 142 Å². The summed E-state index contributed by atoms with van der Waals surface area (Å²) < 4.78 is 1.99. The Morgan fingerprint density at radius 2 is 1.91 bits per heavy atom. The molecule has 0 amide bonds. The van der Waals surface area contributed by atoms with Crippen molar-refractivity contribution in [2.75, 3.05) is 5.32 Å². The van der Waals surface area contributed by atoms with Crippen LogP contribution in [-0.2, 0) is 13.1 Å². The average molecular weight is 330 g/mol. The zero-order chi connectivity index (χ0) is 17.0. The van der Waals surface area contributed by atoms with Gasteiger partial charge in [0.05, 0.1) is 5.69 Å². The van der Waals surface area contributed by atoms with Crippen molar-refractivity contribution in [2.45, 2.75) is 40.8 Å². The second-order valence-electron chi connectivity index (χ2n) is 5.41. The number of carbonyl (C=O) groups excluding carboxylic acids is 1. The quantitative estimate of drug-likeness (QED) is 0.651. The Morgan fingerprint density at radius 3 is 2.43 bits per heavy atom. The molecule has 1 aromatic heterocycles. The number of nitrogens with zero attached hydrogens (tertiary/aromatic N) is 2. The standard InChI is InChI=1S/C17H22N4OS/c1-5-21-12(3)16(11(2)20-21)10-18-17(23)19-15-8-6-14(7-9-15)13(4)22/h6-9H,5,10H2,1-4H3,(H2,18,19,23). The Kier molecular flexibility index (Phi) is 5.50. The molecule has 23 heavy (non-hydrogen) atoms. The molecule has 0 aliphatic rings. The number of aromatic nitrogens is 2. The van der Waals surface area contributed by atoms with Crippen molar-refractivity contribution in [1.82, 2.24) is 15.1 Å². The van der Waals surface area contributed by atoms with Gasteiger partial charge in [-0.25, -0.2) is 0 Å². The van der Waals surface area contributed by atoms with E-state index in [1.807, 2.05) is 23.7 Å². The highest BCUT2D eigenvalue weighted by atomic mass is 32.1. The van der Waals surface area contributed by atoms with Crippen LogP contribution in [0, 0.1) is 13.8 Å². The molecular weight excluding hydrogens is 308 g/mol. The van der Waals surface area contributed by atoms with Crippen LogP contribution in [0.1, 0.15) is 41.2 Å². The summed E-state index contributed by atoms with van der Waals surface area (Å²) in [5.41, 5.74) is 4.89. The number of hydrogen-bond acceptors (Lipinski definition) is 3. The number of thiocarbonyl (C=S) groups is 1. The predicted molar refractivity (Wildman–Crippen MR) is 96.9 cm³/mol. The van der Waals surface area contributed by atoms with Crippen LogP contribution in [0.25, 0.3) is 0 Å². The first-order valence-electron chi connectivity index (χ1n) is 7.61. The number of nitrogens with one attached hydrogen (secondary N) is 2. The van der Waals surface area contributed by atoms with E-state index < -0.39 is 0 Å². The lowest BCUT2D eigenvalue weighted by Gasteiger charge is -2.11. The molecule has 1 aromatic carbocycles. The van der Waals surface area contributed by atoms with E-state index >= 15 is 0 Å². The zero-order valence-corrected chi connectivity index (χ0v) is 14.8. The van der Waals surface area contributed by atoms with Gasteiger partial charge in [0.1, 0.15) is 0 Å². The highest BCUT2D eigenvalue weighted by Gasteiger charge is 2.10. The van der Waals surface area contributed by atoms with Gasteiger partial charge in [0.15, 0.2) is 10.9 Å². The zero-order valence-electron chi connectivity index (χ0n) is 13.9. The van der Waals surface area contributed by atoms with Gasteiger partial charge in [0.25, 0.3) is 0 Å². The molecule has 2 aromatic rings. The highest BCUT2D eigenvalue weighted by molar-refractivity contribution is 7.80. The van der Waals surface area contributed by atoms with Crippen molar-refractivity contribution < 1.29 is 4.79 Å². The van der Waals surface area contributed by atoms with Crippen molar-refractivity contribution in [3.8, 4) is 0 Å². The fourth-order valence-electron chi connectivity index (χ4n) is 2.43. The molecule has 0 unspecified atom stereocenters. The first-order chi connectivity index (χ1) is 10.9. The van der Waals surface area contributed by atoms with E-state index in [0.29, 0.717) is 17.2 Å². The fourth-order valence-corrected chi connectivity index (χ4v) is 2.62. The summed E-state index contributed by atoms with van der Waals surface area (Å²) in [6.45, 7) is 9.20. The number of ketones is 1. The molecule has 0 saturated heterocycles. The summed E-state index contributed by atoms with van der Waals surface area (Å²) >= 11 is 5.32. The average Bonchev–Trinajstić information content (AvgIpc) is 2.79. The molecule has 0 spiro atoms. The molecule has 0 radical (unpaired) electrons. The SMILES string of the molecule is CCn1nc(C)c(CNC(=S)Nc2ccc(C(C)=O)cc2)c1C. The monoisotopic (exact) mass is 330 g/mol. The minimum absolute atomic E-state index is 0.0520. The Bertz CT molecular complexity index is 719. The molecule has 0 aliphatic heterocycles. The first kappa shape index (κ1) is 17.1. The molecule has 2 rings (SSSR count). The van der Waals surface area contributed by atoms with Crippen molar-refractivity contribution in [3.63, 3.8) is 0 Å². The summed E-state index contributed by atoms with van der Waals surface area (Å²) in [5, 5.41) is 11.4. The van der Waals surface area contributed by atoms with Gasteiger partial charge in [-0.1, -0.05) is 0 Å². The van der Waals surface area contributed by atoms with E-state index in [1.165, 1.54) is 5.56 Å². The molecule has 0 aliphatic carbocycles.